The van der Waals surface area contributed by atoms with Crippen LogP contribution in [-0.2, 0) is 24.3 Å². The fourth-order valence-corrected chi connectivity index (χ4v) is 3.49. The Labute approximate surface area is 156 Å². The van der Waals surface area contributed by atoms with Gasteiger partial charge in [-0.15, -0.1) is 0 Å². The van der Waals surface area contributed by atoms with Gasteiger partial charge in [-0.3, -0.25) is 9.69 Å². The molecule has 0 aliphatic carbocycles. The molecule has 6 heteroatoms. The van der Waals surface area contributed by atoms with Crippen molar-refractivity contribution < 1.29 is 9.32 Å². The highest BCUT2D eigenvalue weighted by Gasteiger charge is 2.30. The molecule has 2 heterocycles. The first-order valence-electron chi connectivity index (χ1n) is 8.42. The fraction of sp³-hybridized carbons (Fsp3) is 0.200. The van der Waals surface area contributed by atoms with Crippen LogP contribution in [0, 0.1) is 0 Å². The number of halogens is 1. The Kier molecular flexibility index (Phi) is 4.49. The van der Waals surface area contributed by atoms with Gasteiger partial charge in [0.25, 0.3) is 0 Å². The maximum atomic E-state index is 11.9. The van der Waals surface area contributed by atoms with Crippen LogP contribution >= 0.6 is 11.6 Å². The summed E-state index contributed by atoms with van der Waals surface area (Å²) in [6.07, 6.45) is 0.615. The molecule has 0 bridgehead atoms. The average molecular weight is 368 g/mol. The summed E-state index contributed by atoms with van der Waals surface area (Å²) in [5.74, 6) is 0.373. The Balaban J connectivity index is 1.56. The Bertz CT molecular complexity index is 936. The Hall–Kier alpha value is -2.63. The minimum atomic E-state index is -0.353. The largest absolute Gasteiger partial charge is 0.368 e. The van der Waals surface area contributed by atoms with E-state index in [2.05, 4.69) is 17.3 Å². The molecule has 1 amide bonds. The number of hydrogen-bond donors (Lipinski definition) is 1. The van der Waals surface area contributed by atoms with Crippen LogP contribution in [0.2, 0.25) is 5.02 Å². The number of benzene rings is 2. The molecule has 132 valence electrons. The summed E-state index contributed by atoms with van der Waals surface area (Å²) in [6.45, 7) is 1.13. The van der Waals surface area contributed by atoms with E-state index in [9.17, 15) is 4.79 Å². The second-order valence-corrected chi connectivity index (χ2v) is 6.92. The summed E-state index contributed by atoms with van der Waals surface area (Å²) in [7, 11) is 0. The molecule has 0 unspecified atom stereocenters. The molecule has 2 aromatic carbocycles. The van der Waals surface area contributed by atoms with Crippen molar-refractivity contribution in [1.29, 1.82) is 0 Å². The van der Waals surface area contributed by atoms with Crippen LogP contribution in [0.25, 0.3) is 11.3 Å². The normalized spacial score (nSPS) is 17.0. The number of carbonyl (C=O) groups excluding carboxylic acids is 1. The first-order chi connectivity index (χ1) is 12.6. The van der Waals surface area contributed by atoms with Crippen LogP contribution in [0.15, 0.2) is 59.1 Å². The van der Waals surface area contributed by atoms with Crippen LogP contribution in [-0.4, -0.2) is 22.0 Å². The zero-order valence-electron chi connectivity index (χ0n) is 14.1. The molecule has 2 N–H and O–H groups in total. The van der Waals surface area contributed by atoms with Crippen molar-refractivity contribution in [3.63, 3.8) is 0 Å². The molecular formula is C20H18ClN3O2. The van der Waals surface area contributed by atoms with E-state index in [4.69, 9.17) is 21.9 Å². The van der Waals surface area contributed by atoms with Gasteiger partial charge >= 0.3 is 0 Å². The number of hydrogen-bond acceptors (Lipinski definition) is 4. The smallest absolute Gasteiger partial charge is 0.235 e. The Morgan fingerprint density at radius 3 is 2.65 bits per heavy atom. The first kappa shape index (κ1) is 16.8. The molecule has 26 heavy (non-hydrogen) atoms. The van der Waals surface area contributed by atoms with Crippen molar-refractivity contribution in [3.05, 3.63) is 76.5 Å². The minimum absolute atomic E-state index is 0.322. The van der Waals surface area contributed by atoms with Gasteiger partial charge in [0.05, 0.1) is 12.6 Å². The number of nitrogens with zero attached hydrogens (tertiary/aromatic N) is 2. The number of fused-ring (bicyclic) bond motifs is 1. The van der Waals surface area contributed by atoms with Crippen molar-refractivity contribution in [1.82, 2.24) is 10.1 Å². The second-order valence-electron chi connectivity index (χ2n) is 6.48. The van der Waals surface area contributed by atoms with Crippen LogP contribution in [0.4, 0.5) is 0 Å². The van der Waals surface area contributed by atoms with Gasteiger partial charge in [0.1, 0.15) is 5.69 Å². The molecule has 0 fully saturated rings. The molecule has 0 saturated heterocycles. The number of rotatable bonds is 4. The molecule has 0 spiro atoms. The molecule has 0 radical (unpaired) electrons. The summed E-state index contributed by atoms with van der Waals surface area (Å²) >= 11 is 5.93. The lowest BCUT2D eigenvalue weighted by molar-refractivity contribution is -0.124. The van der Waals surface area contributed by atoms with Crippen LogP contribution < -0.4 is 5.73 Å². The standard InChI is InChI=1S/C20H18ClN3O2/c21-16-7-5-13(6-8-16)18-10-17(26-23-18)12-24-11-15-4-2-1-3-14(15)9-19(24)20(22)25/h1-8,10,19H,9,11-12H2,(H2,22,25)/t19-/m0/s1. The monoisotopic (exact) mass is 367 g/mol. The van der Waals surface area contributed by atoms with Crippen LogP contribution in [0.1, 0.15) is 16.9 Å². The van der Waals surface area contributed by atoms with Gasteiger partial charge < -0.3 is 10.3 Å². The number of carbonyl (C=O) groups is 1. The molecule has 1 aliphatic rings. The number of amides is 1. The fourth-order valence-electron chi connectivity index (χ4n) is 3.37. The van der Waals surface area contributed by atoms with E-state index in [1.54, 1.807) is 0 Å². The first-order valence-corrected chi connectivity index (χ1v) is 8.79. The maximum absolute atomic E-state index is 11.9. The molecule has 1 aliphatic heterocycles. The number of aromatic nitrogens is 1. The van der Waals surface area contributed by atoms with Crippen molar-refractivity contribution >= 4 is 17.5 Å². The lowest BCUT2D eigenvalue weighted by Gasteiger charge is -2.34. The second kappa shape index (κ2) is 6.94. The number of nitrogens with two attached hydrogens (primary N) is 1. The van der Waals surface area contributed by atoms with Gasteiger partial charge in [0.2, 0.25) is 5.91 Å². The molecule has 5 nitrogen and oxygen atoms in total. The number of primary amides is 1. The van der Waals surface area contributed by atoms with Crippen LogP contribution in [0.3, 0.4) is 0 Å². The predicted molar refractivity (Wildman–Crippen MR) is 99.3 cm³/mol. The summed E-state index contributed by atoms with van der Waals surface area (Å²) < 4.78 is 5.49. The van der Waals surface area contributed by atoms with Gasteiger partial charge in [-0.1, -0.05) is 53.2 Å². The summed E-state index contributed by atoms with van der Waals surface area (Å²) in [5.41, 5.74) is 9.69. The Morgan fingerprint density at radius 1 is 1.19 bits per heavy atom. The predicted octanol–water partition coefficient (Wildman–Crippen LogP) is 3.41. The van der Waals surface area contributed by atoms with Crippen molar-refractivity contribution in [2.24, 2.45) is 5.73 Å². The summed E-state index contributed by atoms with van der Waals surface area (Å²) in [5, 5.41) is 4.81. The molecule has 1 atom stereocenters. The van der Waals surface area contributed by atoms with Gasteiger partial charge in [0.15, 0.2) is 5.76 Å². The van der Waals surface area contributed by atoms with E-state index < -0.39 is 0 Å². The lowest BCUT2D eigenvalue weighted by Crippen LogP contribution is -2.47. The highest BCUT2D eigenvalue weighted by atomic mass is 35.5. The van der Waals surface area contributed by atoms with Crippen molar-refractivity contribution in [2.75, 3.05) is 0 Å². The maximum Gasteiger partial charge on any atom is 0.235 e. The minimum Gasteiger partial charge on any atom is -0.368 e. The van der Waals surface area contributed by atoms with Gasteiger partial charge in [-0.05, 0) is 29.7 Å². The summed E-state index contributed by atoms with van der Waals surface area (Å²) in [4.78, 5) is 14.0. The zero-order chi connectivity index (χ0) is 18.1. The third kappa shape index (κ3) is 3.36. The van der Waals surface area contributed by atoms with E-state index in [-0.39, 0.29) is 11.9 Å². The summed E-state index contributed by atoms with van der Waals surface area (Å²) in [6, 6.07) is 17.1. The highest BCUT2D eigenvalue weighted by molar-refractivity contribution is 6.30. The van der Waals surface area contributed by atoms with Gasteiger partial charge in [-0.2, -0.15) is 0 Å². The van der Waals surface area contributed by atoms with Crippen molar-refractivity contribution in [2.45, 2.75) is 25.6 Å². The average Bonchev–Trinajstić information content (AvgIpc) is 3.10. The van der Waals surface area contributed by atoms with Crippen molar-refractivity contribution in [3.8, 4) is 11.3 Å². The zero-order valence-corrected chi connectivity index (χ0v) is 14.8. The van der Waals surface area contributed by atoms with E-state index in [0.717, 1.165) is 11.3 Å². The van der Waals surface area contributed by atoms with Crippen LogP contribution in [0.5, 0.6) is 0 Å². The quantitative estimate of drug-likeness (QED) is 0.767. The van der Waals surface area contributed by atoms with E-state index in [0.29, 0.717) is 30.3 Å². The third-order valence-electron chi connectivity index (χ3n) is 4.73. The molecule has 0 saturated carbocycles. The molecule has 4 rings (SSSR count). The van der Waals surface area contributed by atoms with Gasteiger partial charge in [0, 0.05) is 23.2 Å². The molecule has 1 aromatic heterocycles. The Morgan fingerprint density at radius 2 is 1.92 bits per heavy atom. The van der Waals surface area contributed by atoms with E-state index in [1.165, 1.54) is 11.1 Å². The molecular weight excluding hydrogens is 350 g/mol. The van der Waals surface area contributed by atoms with Gasteiger partial charge in [-0.25, -0.2) is 0 Å². The van der Waals surface area contributed by atoms with E-state index >= 15 is 0 Å². The topological polar surface area (TPSA) is 72.4 Å². The highest BCUT2D eigenvalue weighted by Crippen LogP contribution is 2.27. The third-order valence-corrected chi connectivity index (χ3v) is 4.98. The molecule has 3 aromatic rings. The van der Waals surface area contributed by atoms with E-state index in [1.807, 2.05) is 47.4 Å². The SMILES string of the molecule is NC(=O)[C@@H]1Cc2ccccc2CN1Cc1cc(-c2ccc(Cl)cc2)no1. The lowest BCUT2D eigenvalue weighted by atomic mass is 9.93.